The topological polar surface area (TPSA) is 125 Å². The molecule has 0 aromatic heterocycles. The summed E-state index contributed by atoms with van der Waals surface area (Å²) in [6.07, 6.45) is 0.142. The van der Waals surface area contributed by atoms with Crippen LogP contribution in [0.15, 0.2) is 0 Å². The molecule has 1 unspecified atom stereocenters. The summed E-state index contributed by atoms with van der Waals surface area (Å²) in [5.41, 5.74) is 0. The second kappa shape index (κ2) is 10.9. The summed E-state index contributed by atoms with van der Waals surface area (Å²) < 4.78 is 5.33. The van der Waals surface area contributed by atoms with Crippen molar-refractivity contribution in [3.63, 3.8) is 0 Å². The molecule has 0 saturated heterocycles. The van der Waals surface area contributed by atoms with Crippen LogP contribution in [0.2, 0.25) is 0 Å². The van der Waals surface area contributed by atoms with Gasteiger partial charge in [0.25, 0.3) is 0 Å². The van der Waals surface area contributed by atoms with E-state index in [4.69, 9.17) is 14.9 Å². The number of rotatable bonds is 11. The average molecular weight is 304 g/mol. The second-order valence-corrected chi connectivity index (χ2v) is 5.05. The van der Waals surface area contributed by atoms with Crippen molar-refractivity contribution in [3.05, 3.63) is 0 Å². The largest absolute Gasteiger partial charge is 0.481 e. The molecule has 1 atom stereocenters. The van der Waals surface area contributed by atoms with E-state index in [9.17, 15) is 14.4 Å². The zero-order valence-electron chi connectivity index (χ0n) is 12.4. The molecule has 0 radical (unpaired) electrons. The molecule has 0 aliphatic carbocycles. The lowest BCUT2D eigenvalue weighted by Gasteiger charge is -2.14. The van der Waals surface area contributed by atoms with Crippen molar-refractivity contribution in [2.45, 2.75) is 39.2 Å². The molecular formula is C13H24N2O6. The summed E-state index contributed by atoms with van der Waals surface area (Å²) in [6, 6.07) is -1.84. The Morgan fingerprint density at radius 2 is 1.86 bits per heavy atom. The van der Waals surface area contributed by atoms with Gasteiger partial charge in [0.15, 0.2) is 0 Å². The van der Waals surface area contributed by atoms with Crippen molar-refractivity contribution in [3.8, 4) is 0 Å². The highest BCUT2D eigenvalue weighted by Crippen LogP contribution is 1.98. The van der Waals surface area contributed by atoms with E-state index in [0.29, 0.717) is 32.1 Å². The number of amides is 2. The van der Waals surface area contributed by atoms with Gasteiger partial charge in [0.2, 0.25) is 0 Å². The number of nitrogens with one attached hydrogen (secondary N) is 2. The van der Waals surface area contributed by atoms with E-state index >= 15 is 0 Å². The maximum atomic E-state index is 11.5. The number of hydrogen-bond acceptors (Lipinski definition) is 4. The van der Waals surface area contributed by atoms with Crippen molar-refractivity contribution in [1.29, 1.82) is 0 Å². The Labute approximate surface area is 123 Å². The number of carbonyl (C=O) groups is 3. The van der Waals surface area contributed by atoms with E-state index in [1.807, 2.05) is 13.8 Å². The standard InChI is InChI=1S/C13H24N2O6/c1-9(2)8-21-7-3-6-14-13(20)15-10(12(18)19)4-5-11(16)17/h9-10H,3-8H2,1-2H3,(H,16,17)(H,18,19)(H2,14,15,20). The monoisotopic (exact) mass is 304 g/mol. The Morgan fingerprint density at radius 3 is 2.38 bits per heavy atom. The van der Waals surface area contributed by atoms with Gasteiger partial charge in [-0.05, 0) is 18.8 Å². The van der Waals surface area contributed by atoms with Crippen LogP contribution in [0, 0.1) is 5.92 Å². The number of aliphatic carboxylic acids is 2. The summed E-state index contributed by atoms with van der Waals surface area (Å²) in [5, 5.41) is 22.1. The SMILES string of the molecule is CC(C)COCCCNC(=O)NC(CCC(=O)O)C(=O)O. The number of urea groups is 1. The fourth-order valence-electron chi connectivity index (χ4n) is 1.43. The Hall–Kier alpha value is -1.83. The maximum Gasteiger partial charge on any atom is 0.326 e. The summed E-state index contributed by atoms with van der Waals surface area (Å²) in [5.74, 6) is -1.91. The minimum Gasteiger partial charge on any atom is -0.481 e. The van der Waals surface area contributed by atoms with Crippen LogP contribution in [0.5, 0.6) is 0 Å². The molecule has 0 aliphatic heterocycles. The Bertz CT molecular complexity index is 346. The number of carboxylic acid groups (broad SMARTS) is 2. The van der Waals surface area contributed by atoms with Crippen molar-refractivity contribution in [2.24, 2.45) is 5.92 Å². The van der Waals surface area contributed by atoms with Gasteiger partial charge in [0.05, 0.1) is 0 Å². The Morgan fingerprint density at radius 1 is 1.19 bits per heavy atom. The molecule has 0 bridgehead atoms. The summed E-state index contributed by atoms with van der Waals surface area (Å²) >= 11 is 0. The molecular weight excluding hydrogens is 280 g/mol. The van der Waals surface area contributed by atoms with Crippen LogP contribution in [0.25, 0.3) is 0 Å². The quantitative estimate of drug-likeness (QED) is 0.416. The molecule has 0 heterocycles. The molecule has 0 aromatic carbocycles. The van der Waals surface area contributed by atoms with Crippen molar-refractivity contribution in [2.75, 3.05) is 19.8 Å². The predicted octanol–water partition coefficient (Wildman–Crippen LogP) is 0.666. The smallest absolute Gasteiger partial charge is 0.326 e. The molecule has 122 valence electrons. The predicted molar refractivity (Wildman–Crippen MR) is 75.1 cm³/mol. The first-order valence-electron chi connectivity index (χ1n) is 6.89. The van der Waals surface area contributed by atoms with Gasteiger partial charge < -0.3 is 25.6 Å². The molecule has 0 aliphatic rings. The minimum atomic E-state index is -1.26. The van der Waals surface area contributed by atoms with Crippen molar-refractivity contribution < 1.29 is 29.3 Å². The molecule has 4 N–H and O–H groups in total. The zero-order valence-corrected chi connectivity index (χ0v) is 12.4. The fraction of sp³-hybridized carbons (Fsp3) is 0.769. The van der Waals surface area contributed by atoms with Gasteiger partial charge in [-0.3, -0.25) is 4.79 Å². The fourth-order valence-corrected chi connectivity index (χ4v) is 1.43. The number of carboxylic acids is 2. The highest BCUT2D eigenvalue weighted by Gasteiger charge is 2.20. The van der Waals surface area contributed by atoms with E-state index < -0.39 is 24.0 Å². The average Bonchev–Trinajstić information content (AvgIpc) is 2.37. The highest BCUT2D eigenvalue weighted by molar-refractivity contribution is 5.82. The normalized spacial score (nSPS) is 12.0. The van der Waals surface area contributed by atoms with E-state index in [1.165, 1.54) is 0 Å². The van der Waals surface area contributed by atoms with Crippen LogP contribution in [0.3, 0.4) is 0 Å². The van der Waals surface area contributed by atoms with Crippen LogP contribution < -0.4 is 10.6 Å². The van der Waals surface area contributed by atoms with Gasteiger partial charge in [0, 0.05) is 26.2 Å². The van der Waals surface area contributed by atoms with E-state index in [1.54, 1.807) is 0 Å². The third-order valence-corrected chi connectivity index (χ3v) is 2.45. The first-order chi connectivity index (χ1) is 9.82. The first kappa shape index (κ1) is 19.2. The number of hydrogen-bond donors (Lipinski definition) is 4. The molecule has 2 amide bonds. The molecule has 21 heavy (non-hydrogen) atoms. The zero-order chi connectivity index (χ0) is 16.3. The van der Waals surface area contributed by atoms with Gasteiger partial charge in [-0.1, -0.05) is 13.8 Å². The van der Waals surface area contributed by atoms with E-state index in [2.05, 4.69) is 10.6 Å². The molecule has 0 spiro atoms. The minimum absolute atomic E-state index is 0.157. The summed E-state index contributed by atoms with van der Waals surface area (Å²) in [6.45, 7) is 5.60. The molecule has 0 rings (SSSR count). The van der Waals surface area contributed by atoms with Gasteiger partial charge in [-0.25, -0.2) is 9.59 Å². The van der Waals surface area contributed by atoms with Gasteiger partial charge in [-0.15, -0.1) is 0 Å². The Balaban J connectivity index is 3.83. The van der Waals surface area contributed by atoms with Gasteiger partial charge >= 0.3 is 18.0 Å². The lowest BCUT2D eigenvalue weighted by Crippen LogP contribution is -2.46. The lowest BCUT2D eigenvalue weighted by atomic mass is 10.1. The lowest BCUT2D eigenvalue weighted by molar-refractivity contribution is -0.140. The van der Waals surface area contributed by atoms with Crippen LogP contribution in [-0.4, -0.2) is 54.0 Å². The third kappa shape index (κ3) is 11.7. The van der Waals surface area contributed by atoms with Crippen LogP contribution in [-0.2, 0) is 14.3 Å². The van der Waals surface area contributed by atoms with Crippen LogP contribution in [0.4, 0.5) is 4.79 Å². The van der Waals surface area contributed by atoms with Crippen molar-refractivity contribution >= 4 is 18.0 Å². The number of carbonyl (C=O) groups excluding carboxylic acids is 1. The second-order valence-electron chi connectivity index (χ2n) is 5.05. The van der Waals surface area contributed by atoms with Crippen molar-refractivity contribution in [1.82, 2.24) is 10.6 Å². The maximum absolute atomic E-state index is 11.5. The summed E-state index contributed by atoms with van der Waals surface area (Å²) in [4.78, 5) is 32.7. The Kier molecular flexibility index (Phi) is 9.95. The first-order valence-corrected chi connectivity index (χ1v) is 6.89. The molecule has 8 heteroatoms. The van der Waals surface area contributed by atoms with E-state index in [-0.39, 0.29) is 12.8 Å². The molecule has 0 fully saturated rings. The van der Waals surface area contributed by atoms with Crippen LogP contribution >= 0.6 is 0 Å². The van der Waals surface area contributed by atoms with Gasteiger partial charge in [-0.2, -0.15) is 0 Å². The van der Waals surface area contributed by atoms with Gasteiger partial charge in [0.1, 0.15) is 6.04 Å². The third-order valence-electron chi connectivity index (χ3n) is 2.45. The van der Waals surface area contributed by atoms with E-state index in [0.717, 1.165) is 0 Å². The highest BCUT2D eigenvalue weighted by atomic mass is 16.5. The molecule has 0 saturated carbocycles. The van der Waals surface area contributed by atoms with Crippen LogP contribution in [0.1, 0.15) is 33.1 Å². The molecule has 8 nitrogen and oxygen atoms in total. The number of ether oxygens (including phenoxy) is 1. The summed E-state index contributed by atoms with van der Waals surface area (Å²) in [7, 11) is 0. The molecule has 0 aromatic rings.